The average molecular weight is 542 g/mol. The third kappa shape index (κ3) is 6.61. The second kappa shape index (κ2) is 11.8. The molecule has 4 aromatic rings. The van der Waals surface area contributed by atoms with Crippen molar-refractivity contribution in [2.45, 2.75) is 29.4 Å². The number of thiophene rings is 1. The van der Waals surface area contributed by atoms with Crippen molar-refractivity contribution in [1.82, 2.24) is 19.1 Å². The molecule has 8 nitrogen and oxygen atoms in total. The normalized spacial score (nSPS) is 11.6. The van der Waals surface area contributed by atoms with Crippen molar-refractivity contribution in [2.75, 3.05) is 25.2 Å². The SMILES string of the molecule is CN(C)S(=O)(=O)c1cccc(NC(=O)CSc2nnc(Cc3cccs3)n2CCc2ccccc2)c1. The van der Waals surface area contributed by atoms with E-state index in [2.05, 4.69) is 38.3 Å². The van der Waals surface area contributed by atoms with E-state index in [1.807, 2.05) is 29.6 Å². The zero-order valence-corrected chi connectivity index (χ0v) is 22.4. The summed E-state index contributed by atoms with van der Waals surface area (Å²) in [6, 6.07) is 20.5. The van der Waals surface area contributed by atoms with E-state index in [0.29, 0.717) is 23.8 Å². The van der Waals surface area contributed by atoms with Crippen LogP contribution in [0.25, 0.3) is 0 Å². The molecule has 0 atom stereocenters. The standard InChI is InChI=1S/C25H27N5O3S3/c1-29(2)36(32,33)22-12-6-10-20(16-22)26-24(31)18-35-25-28-27-23(17-21-11-7-15-34-21)30(25)14-13-19-8-4-3-5-9-19/h3-12,15-16H,13-14,17-18H2,1-2H3,(H,26,31). The predicted molar refractivity (Wildman–Crippen MR) is 144 cm³/mol. The van der Waals surface area contributed by atoms with Gasteiger partial charge in [0.05, 0.1) is 10.6 Å². The summed E-state index contributed by atoms with van der Waals surface area (Å²) < 4.78 is 28.0. The quantitative estimate of drug-likeness (QED) is 0.287. The summed E-state index contributed by atoms with van der Waals surface area (Å²) in [7, 11) is -0.648. The molecule has 188 valence electrons. The number of nitrogens with one attached hydrogen (secondary N) is 1. The fourth-order valence-corrected chi connectivity index (χ4v) is 5.94. The molecule has 0 radical (unpaired) electrons. The van der Waals surface area contributed by atoms with Crippen LogP contribution in [0.2, 0.25) is 0 Å². The third-order valence-corrected chi connectivity index (χ3v) is 9.06. The van der Waals surface area contributed by atoms with Gasteiger partial charge in [0, 0.05) is 37.6 Å². The Labute approximate surface area is 219 Å². The minimum atomic E-state index is -3.59. The van der Waals surface area contributed by atoms with Crippen molar-refractivity contribution in [3.05, 3.63) is 88.4 Å². The number of hydrogen-bond donors (Lipinski definition) is 1. The van der Waals surface area contributed by atoms with Crippen LogP contribution in [0, 0.1) is 0 Å². The lowest BCUT2D eigenvalue weighted by Gasteiger charge is -2.13. The van der Waals surface area contributed by atoms with Crippen LogP contribution in [0.15, 0.2) is 82.2 Å². The Hall–Kier alpha value is -2.99. The van der Waals surface area contributed by atoms with Crippen LogP contribution >= 0.6 is 23.1 Å². The molecule has 4 rings (SSSR count). The number of amides is 1. The van der Waals surface area contributed by atoms with E-state index in [-0.39, 0.29) is 16.6 Å². The number of thioether (sulfide) groups is 1. The summed E-state index contributed by atoms with van der Waals surface area (Å²) in [6.45, 7) is 0.701. The van der Waals surface area contributed by atoms with E-state index in [0.717, 1.165) is 16.6 Å². The number of nitrogens with zero attached hydrogens (tertiary/aromatic N) is 4. The second-order valence-corrected chi connectivity index (χ2v) is 12.3. The molecule has 0 aliphatic rings. The van der Waals surface area contributed by atoms with Crippen LogP contribution in [0.1, 0.15) is 16.3 Å². The Balaban J connectivity index is 1.45. The lowest BCUT2D eigenvalue weighted by Crippen LogP contribution is -2.22. The number of hydrogen-bond acceptors (Lipinski definition) is 7. The predicted octanol–water partition coefficient (Wildman–Crippen LogP) is 4.15. The Morgan fingerprint density at radius 2 is 1.86 bits per heavy atom. The third-order valence-electron chi connectivity index (χ3n) is 5.40. The highest BCUT2D eigenvalue weighted by Crippen LogP contribution is 2.22. The number of sulfonamides is 1. The van der Waals surface area contributed by atoms with Gasteiger partial charge in [0.15, 0.2) is 5.16 Å². The molecule has 2 heterocycles. The van der Waals surface area contributed by atoms with Crippen molar-refractivity contribution in [1.29, 1.82) is 0 Å². The van der Waals surface area contributed by atoms with E-state index >= 15 is 0 Å². The molecule has 0 saturated heterocycles. The first-order valence-electron chi connectivity index (χ1n) is 11.3. The average Bonchev–Trinajstić information content (AvgIpc) is 3.52. The monoisotopic (exact) mass is 541 g/mol. The summed E-state index contributed by atoms with van der Waals surface area (Å²) in [5.41, 5.74) is 1.64. The minimum absolute atomic E-state index is 0.118. The molecule has 0 bridgehead atoms. The molecule has 0 unspecified atom stereocenters. The van der Waals surface area contributed by atoms with E-state index in [1.54, 1.807) is 23.5 Å². The van der Waals surface area contributed by atoms with Gasteiger partial charge in [0.25, 0.3) is 0 Å². The number of anilines is 1. The van der Waals surface area contributed by atoms with Crippen molar-refractivity contribution < 1.29 is 13.2 Å². The van der Waals surface area contributed by atoms with Gasteiger partial charge in [0.2, 0.25) is 15.9 Å². The lowest BCUT2D eigenvalue weighted by molar-refractivity contribution is -0.113. The molecule has 2 aromatic carbocycles. The van der Waals surface area contributed by atoms with Gasteiger partial charge in [0.1, 0.15) is 5.82 Å². The topological polar surface area (TPSA) is 97.2 Å². The highest BCUT2D eigenvalue weighted by molar-refractivity contribution is 7.99. The van der Waals surface area contributed by atoms with Gasteiger partial charge in [-0.15, -0.1) is 21.5 Å². The van der Waals surface area contributed by atoms with Crippen molar-refractivity contribution in [2.24, 2.45) is 0 Å². The number of rotatable bonds is 11. The molecule has 0 aliphatic carbocycles. The van der Waals surface area contributed by atoms with E-state index in [9.17, 15) is 13.2 Å². The number of carbonyl (C=O) groups is 1. The first-order valence-corrected chi connectivity index (χ1v) is 14.6. The maximum atomic E-state index is 12.7. The van der Waals surface area contributed by atoms with E-state index in [4.69, 9.17) is 0 Å². The van der Waals surface area contributed by atoms with Crippen LogP contribution in [0.4, 0.5) is 5.69 Å². The minimum Gasteiger partial charge on any atom is -0.325 e. The smallest absolute Gasteiger partial charge is 0.242 e. The lowest BCUT2D eigenvalue weighted by atomic mass is 10.1. The summed E-state index contributed by atoms with van der Waals surface area (Å²) >= 11 is 2.99. The van der Waals surface area contributed by atoms with Crippen LogP contribution < -0.4 is 5.32 Å². The van der Waals surface area contributed by atoms with Crippen molar-refractivity contribution in [3.8, 4) is 0 Å². The van der Waals surface area contributed by atoms with Crippen LogP contribution in [-0.4, -0.2) is 53.2 Å². The molecule has 2 aromatic heterocycles. The van der Waals surface area contributed by atoms with Crippen LogP contribution in [0.3, 0.4) is 0 Å². The fraction of sp³-hybridized carbons (Fsp3) is 0.240. The van der Waals surface area contributed by atoms with Crippen LogP contribution in [0.5, 0.6) is 0 Å². The van der Waals surface area contributed by atoms with Gasteiger partial charge < -0.3 is 9.88 Å². The molecule has 36 heavy (non-hydrogen) atoms. The van der Waals surface area contributed by atoms with Gasteiger partial charge in [-0.1, -0.05) is 54.2 Å². The summed E-state index contributed by atoms with van der Waals surface area (Å²) in [4.78, 5) is 14.0. The molecule has 0 spiro atoms. The molecule has 11 heteroatoms. The Morgan fingerprint density at radius 3 is 2.58 bits per heavy atom. The van der Waals surface area contributed by atoms with Gasteiger partial charge >= 0.3 is 0 Å². The molecule has 1 N–H and O–H groups in total. The second-order valence-electron chi connectivity index (χ2n) is 8.19. The molecule has 0 fully saturated rings. The van der Waals surface area contributed by atoms with Crippen molar-refractivity contribution in [3.63, 3.8) is 0 Å². The summed E-state index contributed by atoms with van der Waals surface area (Å²) in [6.07, 6.45) is 1.50. The highest BCUT2D eigenvalue weighted by Gasteiger charge is 2.18. The number of benzene rings is 2. The van der Waals surface area contributed by atoms with Gasteiger partial charge in [-0.05, 0) is 41.6 Å². The highest BCUT2D eigenvalue weighted by atomic mass is 32.2. The molecule has 1 amide bonds. The largest absolute Gasteiger partial charge is 0.325 e. The first-order chi connectivity index (χ1) is 17.3. The summed E-state index contributed by atoms with van der Waals surface area (Å²) in [5, 5.41) is 14.3. The Bertz CT molecular complexity index is 1400. The fourth-order valence-electron chi connectivity index (χ4n) is 3.51. The van der Waals surface area contributed by atoms with Crippen molar-refractivity contribution >= 4 is 44.7 Å². The van der Waals surface area contributed by atoms with Crippen LogP contribution in [-0.2, 0) is 34.2 Å². The number of aromatic nitrogens is 3. The Kier molecular flexibility index (Phi) is 8.57. The van der Waals surface area contributed by atoms with Gasteiger partial charge in [-0.25, -0.2) is 12.7 Å². The molecular formula is C25H27N5O3S3. The maximum absolute atomic E-state index is 12.7. The Morgan fingerprint density at radius 1 is 1.06 bits per heavy atom. The van der Waals surface area contributed by atoms with Gasteiger partial charge in [-0.3, -0.25) is 4.79 Å². The first kappa shape index (κ1) is 26.1. The zero-order chi connectivity index (χ0) is 25.5. The maximum Gasteiger partial charge on any atom is 0.242 e. The summed E-state index contributed by atoms with van der Waals surface area (Å²) in [5.74, 6) is 0.724. The van der Waals surface area contributed by atoms with Gasteiger partial charge in [-0.2, -0.15) is 0 Å². The van der Waals surface area contributed by atoms with E-state index < -0.39 is 10.0 Å². The van der Waals surface area contributed by atoms with E-state index in [1.165, 1.54) is 48.4 Å². The number of aryl methyl sites for hydroxylation is 1. The zero-order valence-electron chi connectivity index (χ0n) is 20.0. The number of carbonyl (C=O) groups excluding carboxylic acids is 1. The molecular weight excluding hydrogens is 515 g/mol. The molecule has 0 aliphatic heterocycles. The molecule has 0 saturated carbocycles.